The monoisotopic (exact) mass is 498 g/mol. The summed E-state index contributed by atoms with van der Waals surface area (Å²) < 4.78 is 0. The minimum Gasteiger partial charge on any atom is -0.508 e. The van der Waals surface area contributed by atoms with E-state index in [1.54, 1.807) is 42.5 Å². The molecule has 6 unspecified atom stereocenters. The summed E-state index contributed by atoms with van der Waals surface area (Å²) in [5.74, 6) is -3.21. The number of amides is 4. The van der Waals surface area contributed by atoms with Crippen LogP contribution >= 0.6 is 0 Å². The molecule has 2 aromatic carbocycles. The normalized spacial score (nSPS) is 32.8. The minimum atomic E-state index is -1.09. The molecule has 0 aromatic heterocycles. The Morgan fingerprint density at radius 3 is 2.41 bits per heavy atom. The van der Waals surface area contributed by atoms with Gasteiger partial charge in [0.1, 0.15) is 5.75 Å². The Morgan fingerprint density at radius 2 is 1.70 bits per heavy atom. The summed E-state index contributed by atoms with van der Waals surface area (Å²) >= 11 is 0. The lowest BCUT2D eigenvalue weighted by Crippen LogP contribution is -2.48. The molecule has 2 aromatic rings. The Labute approximate surface area is 215 Å². The molecule has 7 nitrogen and oxygen atoms in total. The molecule has 6 rings (SSSR count). The highest BCUT2D eigenvalue weighted by molar-refractivity contribution is 6.24. The largest absolute Gasteiger partial charge is 0.508 e. The van der Waals surface area contributed by atoms with E-state index >= 15 is 0 Å². The van der Waals surface area contributed by atoms with Crippen molar-refractivity contribution in [3.63, 3.8) is 0 Å². The fraction of sp³-hybridized carbons (Fsp3) is 0.400. The molecule has 2 aliphatic heterocycles. The molecule has 6 atom stereocenters. The zero-order valence-corrected chi connectivity index (χ0v) is 21.0. The molecule has 2 heterocycles. The van der Waals surface area contributed by atoms with E-state index in [0.717, 1.165) is 11.1 Å². The summed E-state index contributed by atoms with van der Waals surface area (Å²) in [6, 6.07) is 15.8. The van der Waals surface area contributed by atoms with Crippen LogP contribution in [-0.4, -0.2) is 40.2 Å². The first kappa shape index (κ1) is 23.6. The molecule has 4 aliphatic rings. The van der Waals surface area contributed by atoms with Crippen LogP contribution in [0.2, 0.25) is 0 Å². The van der Waals surface area contributed by atoms with Crippen molar-refractivity contribution in [2.45, 2.75) is 39.0 Å². The smallest absolute Gasteiger partial charge is 0.241 e. The number of imide groups is 2. The van der Waals surface area contributed by atoms with E-state index in [4.69, 9.17) is 0 Å². The number of hydrogen-bond donors (Lipinski definition) is 1. The number of allylic oxidation sites excluding steroid dienone is 2. The van der Waals surface area contributed by atoms with Crippen LogP contribution in [0.25, 0.3) is 0 Å². The van der Waals surface area contributed by atoms with Crippen molar-refractivity contribution in [2.75, 3.05) is 11.4 Å². The van der Waals surface area contributed by atoms with E-state index in [1.165, 1.54) is 9.80 Å². The second-order valence-corrected chi connectivity index (χ2v) is 10.9. The average Bonchev–Trinajstić information content (AvgIpc) is 3.24. The number of phenols is 1. The van der Waals surface area contributed by atoms with Gasteiger partial charge in [-0.15, -0.1) is 0 Å². The van der Waals surface area contributed by atoms with Crippen molar-refractivity contribution in [2.24, 2.45) is 29.1 Å². The van der Waals surface area contributed by atoms with Crippen LogP contribution < -0.4 is 4.90 Å². The predicted octanol–water partition coefficient (Wildman–Crippen LogP) is 4.03. The lowest BCUT2D eigenvalue weighted by atomic mass is 9.51. The van der Waals surface area contributed by atoms with Gasteiger partial charge in [-0.05, 0) is 61.9 Å². The van der Waals surface area contributed by atoms with Gasteiger partial charge in [0.05, 0.1) is 28.9 Å². The third-order valence-electron chi connectivity index (χ3n) is 9.03. The Morgan fingerprint density at radius 1 is 0.946 bits per heavy atom. The van der Waals surface area contributed by atoms with E-state index in [0.29, 0.717) is 31.5 Å². The first-order valence-electron chi connectivity index (χ1n) is 13.1. The van der Waals surface area contributed by atoms with E-state index in [2.05, 4.69) is 0 Å². The third kappa shape index (κ3) is 3.19. The summed E-state index contributed by atoms with van der Waals surface area (Å²) in [7, 11) is 0. The molecule has 37 heavy (non-hydrogen) atoms. The van der Waals surface area contributed by atoms with Crippen LogP contribution in [0.3, 0.4) is 0 Å². The van der Waals surface area contributed by atoms with Crippen LogP contribution in [0.4, 0.5) is 5.69 Å². The average molecular weight is 499 g/mol. The van der Waals surface area contributed by atoms with Gasteiger partial charge < -0.3 is 5.11 Å². The van der Waals surface area contributed by atoms with Crippen molar-refractivity contribution < 1.29 is 24.3 Å². The molecule has 4 amide bonds. The Hall–Kier alpha value is -3.74. The Balaban J connectivity index is 1.51. The summed E-state index contributed by atoms with van der Waals surface area (Å²) in [4.78, 5) is 57.6. The molecular formula is C30H30N2O5. The molecule has 190 valence electrons. The van der Waals surface area contributed by atoms with Gasteiger partial charge in [0, 0.05) is 12.5 Å². The molecule has 0 spiro atoms. The lowest BCUT2D eigenvalue weighted by molar-refractivity contribution is -0.140. The number of carbonyl (C=O) groups excluding carboxylic acids is 4. The molecule has 1 saturated carbocycles. The van der Waals surface area contributed by atoms with Crippen molar-refractivity contribution in [3.8, 4) is 5.75 Å². The van der Waals surface area contributed by atoms with Gasteiger partial charge in [0.2, 0.25) is 23.6 Å². The van der Waals surface area contributed by atoms with Crippen LogP contribution in [-0.2, 0) is 19.2 Å². The summed E-state index contributed by atoms with van der Waals surface area (Å²) in [6.07, 6.45) is 3.49. The van der Waals surface area contributed by atoms with Gasteiger partial charge in [-0.1, -0.05) is 48.9 Å². The van der Waals surface area contributed by atoms with Gasteiger partial charge in [-0.3, -0.25) is 24.1 Å². The number of carbonyl (C=O) groups is 4. The van der Waals surface area contributed by atoms with Gasteiger partial charge in [-0.25, -0.2) is 4.90 Å². The molecule has 2 saturated heterocycles. The number of para-hydroxylation sites is 1. The van der Waals surface area contributed by atoms with E-state index in [1.807, 2.05) is 32.1 Å². The maximum absolute atomic E-state index is 14.2. The predicted molar refractivity (Wildman–Crippen MR) is 136 cm³/mol. The summed E-state index contributed by atoms with van der Waals surface area (Å²) in [5.41, 5.74) is 1.10. The highest BCUT2D eigenvalue weighted by Crippen LogP contribution is 2.63. The van der Waals surface area contributed by atoms with Gasteiger partial charge >= 0.3 is 0 Å². The fourth-order valence-corrected chi connectivity index (χ4v) is 7.43. The van der Waals surface area contributed by atoms with Crippen molar-refractivity contribution in [1.82, 2.24) is 4.90 Å². The van der Waals surface area contributed by atoms with Crippen molar-refractivity contribution >= 4 is 29.3 Å². The van der Waals surface area contributed by atoms with E-state index in [-0.39, 0.29) is 35.3 Å². The molecule has 2 aliphatic carbocycles. The molecule has 0 bridgehead atoms. The highest BCUT2D eigenvalue weighted by Gasteiger charge is 2.67. The SMILES string of the molecule is CCCN1C(=O)C2CC=C3C(CC4C(=O)N(c5ccccc5)C(=O)C4(C)C3c3cccc(O)c3)C2C1=O. The Kier molecular flexibility index (Phi) is 5.37. The second-order valence-electron chi connectivity index (χ2n) is 10.9. The van der Waals surface area contributed by atoms with Crippen LogP contribution in [0.15, 0.2) is 66.2 Å². The number of nitrogens with zero attached hydrogens (tertiary/aromatic N) is 2. The van der Waals surface area contributed by atoms with Crippen LogP contribution in [0, 0.1) is 29.1 Å². The van der Waals surface area contributed by atoms with E-state index in [9.17, 15) is 24.3 Å². The second kappa shape index (κ2) is 8.40. The van der Waals surface area contributed by atoms with Crippen molar-refractivity contribution in [1.29, 1.82) is 0 Å². The number of hydrogen-bond acceptors (Lipinski definition) is 5. The molecule has 1 N–H and O–H groups in total. The van der Waals surface area contributed by atoms with Gasteiger partial charge in [0.15, 0.2) is 0 Å². The number of aromatic hydroxyl groups is 1. The number of anilines is 1. The van der Waals surface area contributed by atoms with Gasteiger partial charge in [-0.2, -0.15) is 0 Å². The quantitative estimate of drug-likeness (QED) is 0.507. The standard InChI is InChI=1S/C30H30N2O5/c1-3-14-31-26(34)21-13-12-20-22(24(21)28(31)36)16-23-27(35)32(18-9-5-4-6-10-18)29(37)30(23,2)25(20)17-8-7-11-19(33)15-17/h4-12,15,21-25,33H,3,13-14,16H2,1-2H3. The summed E-state index contributed by atoms with van der Waals surface area (Å²) in [5, 5.41) is 10.3. The van der Waals surface area contributed by atoms with Crippen LogP contribution in [0.5, 0.6) is 5.75 Å². The number of rotatable bonds is 4. The number of benzene rings is 2. The van der Waals surface area contributed by atoms with E-state index < -0.39 is 29.1 Å². The van der Waals surface area contributed by atoms with Gasteiger partial charge in [0.25, 0.3) is 0 Å². The van der Waals surface area contributed by atoms with Crippen LogP contribution in [0.1, 0.15) is 44.6 Å². The number of phenolic OH excluding ortho intramolecular Hbond substituents is 1. The molecule has 3 fully saturated rings. The first-order valence-corrected chi connectivity index (χ1v) is 13.1. The van der Waals surface area contributed by atoms with Crippen molar-refractivity contribution in [3.05, 3.63) is 71.8 Å². The Bertz CT molecular complexity index is 1350. The summed E-state index contributed by atoms with van der Waals surface area (Å²) in [6.45, 7) is 4.18. The fourth-order valence-electron chi connectivity index (χ4n) is 7.43. The molecule has 7 heteroatoms. The zero-order chi connectivity index (χ0) is 26.1. The molecular weight excluding hydrogens is 468 g/mol. The molecule has 0 radical (unpaired) electrons. The minimum absolute atomic E-state index is 0.0759. The number of likely N-dealkylation sites (tertiary alicyclic amines) is 1. The zero-order valence-electron chi connectivity index (χ0n) is 21.0. The lowest BCUT2D eigenvalue weighted by Gasteiger charge is -2.49. The maximum atomic E-state index is 14.2. The maximum Gasteiger partial charge on any atom is 0.241 e. The number of fused-ring (bicyclic) bond motifs is 4. The first-order chi connectivity index (χ1) is 17.8. The highest BCUT2D eigenvalue weighted by atomic mass is 16.3. The third-order valence-corrected chi connectivity index (χ3v) is 9.03. The topological polar surface area (TPSA) is 95.0 Å².